The van der Waals surface area contributed by atoms with E-state index in [1.807, 2.05) is 6.07 Å². The minimum Gasteiger partial charge on any atom is -0.334 e. The van der Waals surface area contributed by atoms with Gasteiger partial charge >= 0.3 is 6.03 Å². The maximum absolute atomic E-state index is 12.0. The first-order valence-electron chi connectivity index (χ1n) is 7.35. The third-order valence-corrected chi connectivity index (χ3v) is 4.35. The van der Waals surface area contributed by atoms with Crippen molar-refractivity contribution in [3.63, 3.8) is 0 Å². The lowest BCUT2D eigenvalue weighted by Crippen LogP contribution is -2.39. The van der Waals surface area contributed by atoms with E-state index < -0.39 is 0 Å². The van der Waals surface area contributed by atoms with Crippen molar-refractivity contribution in [3.8, 4) is 6.07 Å². The number of anilines is 1. The summed E-state index contributed by atoms with van der Waals surface area (Å²) < 4.78 is 0. The van der Waals surface area contributed by atoms with E-state index in [-0.39, 0.29) is 18.0 Å². The van der Waals surface area contributed by atoms with Crippen molar-refractivity contribution in [1.82, 2.24) is 5.32 Å². The molecule has 0 heterocycles. The van der Waals surface area contributed by atoms with Crippen molar-refractivity contribution in [1.29, 1.82) is 5.26 Å². The molecule has 2 aliphatic carbocycles. The minimum atomic E-state index is -0.199. The van der Waals surface area contributed by atoms with Crippen molar-refractivity contribution in [2.45, 2.75) is 44.6 Å². The highest BCUT2D eigenvalue weighted by molar-refractivity contribution is 5.89. The molecule has 0 aromatic heterocycles. The van der Waals surface area contributed by atoms with Gasteiger partial charge < -0.3 is 10.6 Å². The fraction of sp³-hybridized carbons (Fsp3) is 0.500. The van der Waals surface area contributed by atoms with Gasteiger partial charge in [0.15, 0.2) is 0 Å². The lowest BCUT2D eigenvalue weighted by molar-refractivity contribution is 0.247. The average molecular weight is 269 g/mol. The molecule has 0 saturated heterocycles. The number of nitrogens with zero attached hydrogens (tertiary/aromatic N) is 1. The van der Waals surface area contributed by atoms with Crippen LogP contribution >= 0.6 is 0 Å². The largest absolute Gasteiger partial charge is 0.334 e. The van der Waals surface area contributed by atoms with Crippen molar-refractivity contribution < 1.29 is 4.79 Å². The standard InChI is InChI=1S/C16H19N3O/c17-10-13-5-2-6-15(13)19-16(20)18-14-8-7-11-3-1-4-12(11)9-14/h7-9,13,15H,1-6H2,(H2,18,19,20)/t13-,15-/m1/s1. The van der Waals surface area contributed by atoms with E-state index in [2.05, 4.69) is 28.8 Å². The summed E-state index contributed by atoms with van der Waals surface area (Å²) in [6.45, 7) is 0. The molecule has 4 heteroatoms. The van der Waals surface area contributed by atoms with E-state index in [1.165, 1.54) is 17.5 Å². The van der Waals surface area contributed by atoms with Gasteiger partial charge in [-0.3, -0.25) is 0 Å². The van der Waals surface area contributed by atoms with Crippen LogP contribution in [0.4, 0.5) is 10.5 Å². The summed E-state index contributed by atoms with van der Waals surface area (Å²) in [7, 11) is 0. The predicted octanol–water partition coefficient (Wildman–Crippen LogP) is 2.99. The summed E-state index contributed by atoms with van der Waals surface area (Å²) in [6, 6.07) is 8.20. The number of rotatable bonds is 2. The molecule has 2 N–H and O–H groups in total. The Labute approximate surface area is 119 Å². The van der Waals surface area contributed by atoms with Crippen LogP contribution in [0.5, 0.6) is 0 Å². The molecule has 3 rings (SSSR count). The Kier molecular flexibility index (Phi) is 3.60. The van der Waals surface area contributed by atoms with E-state index >= 15 is 0 Å². The molecule has 0 spiro atoms. The molecule has 0 bridgehead atoms. The molecule has 0 unspecified atom stereocenters. The van der Waals surface area contributed by atoms with Crippen LogP contribution in [0.15, 0.2) is 18.2 Å². The van der Waals surface area contributed by atoms with Gasteiger partial charge in [0, 0.05) is 11.7 Å². The Morgan fingerprint density at radius 1 is 1.20 bits per heavy atom. The molecule has 104 valence electrons. The average Bonchev–Trinajstić information content (AvgIpc) is 3.06. The van der Waals surface area contributed by atoms with Gasteiger partial charge in [-0.15, -0.1) is 0 Å². The first-order valence-corrected chi connectivity index (χ1v) is 7.35. The van der Waals surface area contributed by atoms with Crippen molar-refractivity contribution >= 4 is 11.7 Å². The fourth-order valence-corrected chi connectivity index (χ4v) is 3.27. The molecule has 2 atom stereocenters. The van der Waals surface area contributed by atoms with Crippen molar-refractivity contribution in [2.24, 2.45) is 5.92 Å². The lowest BCUT2D eigenvalue weighted by Gasteiger charge is -2.16. The Hall–Kier alpha value is -2.02. The van der Waals surface area contributed by atoms with Crippen LogP contribution in [0.25, 0.3) is 0 Å². The number of hydrogen-bond acceptors (Lipinski definition) is 2. The molecule has 0 radical (unpaired) electrons. The minimum absolute atomic E-state index is 0.00516. The number of urea groups is 1. The van der Waals surface area contributed by atoms with E-state index in [9.17, 15) is 4.79 Å². The summed E-state index contributed by atoms with van der Waals surface area (Å²) in [5.41, 5.74) is 3.59. The van der Waals surface area contributed by atoms with Crippen LogP contribution in [0.1, 0.15) is 36.8 Å². The Balaban J connectivity index is 1.60. The fourth-order valence-electron chi connectivity index (χ4n) is 3.27. The number of carbonyl (C=O) groups excluding carboxylic acids is 1. The number of nitrogens with one attached hydrogen (secondary N) is 2. The summed E-state index contributed by atoms with van der Waals surface area (Å²) >= 11 is 0. The van der Waals surface area contributed by atoms with E-state index in [1.54, 1.807) is 0 Å². The van der Waals surface area contributed by atoms with Gasteiger partial charge in [0.1, 0.15) is 0 Å². The predicted molar refractivity (Wildman–Crippen MR) is 77.4 cm³/mol. The number of aryl methyl sites for hydroxylation is 2. The third kappa shape index (κ3) is 2.62. The maximum atomic E-state index is 12.0. The van der Waals surface area contributed by atoms with Gasteiger partial charge in [0.05, 0.1) is 12.0 Å². The highest BCUT2D eigenvalue weighted by Gasteiger charge is 2.28. The van der Waals surface area contributed by atoms with Crippen LogP contribution in [0, 0.1) is 17.2 Å². The number of benzene rings is 1. The van der Waals surface area contributed by atoms with Crippen LogP contribution in [-0.4, -0.2) is 12.1 Å². The Morgan fingerprint density at radius 2 is 2.05 bits per heavy atom. The molecule has 1 fully saturated rings. The van der Waals surface area contributed by atoms with Gasteiger partial charge in [0.2, 0.25) is 0 Å². The monoisotopic (exact) mass is 269 g/mol. The molecule has 4 nitrogen and oxygen atoms in total. The molecule has 1 aromatic carbocycles. The first kappa shape index (κ1) is 13.0. The van der Waals surface area contributed by atoms with E-state index in [0.717, 1.165) is 37.8 Å². The van der Waals surface area contributed by atoms with Crippen LogP contribution < -0.4 is 10.6 Å². The molecule has 1 aromatic rings. The SMILES string of the molecule is N#C[C@H]1CCC[C@H]1NC(=O)Nc1ccc2c(c1)CCC2. The van der Waals surface area contributed by atoms with E-state index in [0.29, 0.717) is 0 Å². The van der Waals surface area contributed by atoms with Crippen molar-refractivity contribution in [3.05, 3.63) is 29.3 Å². The number of carbonyl (C=O) groups is 1. The Bertz CT molecular complexity index is 561. The molecular weight excluding hydrogens is 250 g/mol. The van der Waals surface area contributed by atoms with E-state index in [4.69, 9.17) is 5.26 Å². The quantitative estimate of drug-likeness (QED) is 0.866. The molecular formula is C16H19N3O. The number of fused-ring (bicyclic) bond motifs is 1. The first-order chi connectivity index (χ1) is 9.76. The molecule has 2 aliphatic rings. The van der Waals surface area contributed by atoms with Gasteiger partial charge in [-0.2, -0.15) is 5.26 Å². The number of hydrogen-bond donors (Lipinski definition) is 2. The second-order valence-electron chi connectivity index (χ2n) is 5.71. The third-order valence-electron chi connectivity index (χ3n) is 4.35. The smallest absolute Gasteiger partial charge is 0.319 e. The van der Waals surface area contributed by atoms with Gasteiger partial charge in [-0.1, -0.05) is 6.07 Å². The van der Waals surface area contributed by atoms with Crippen molar-refractivity contribution in [2.75, 3.05) is 5.32 Å². The summed E-state index contributed by atoms with van der Waals surface area (Å²) in [6.07, 6.45) is 6.26. The normalized spacial score (nSPS) is 23.9. The van der Waals surface area contributed by atoms with Crippen LogP contribution in [-0.2, 0) is 12.8 Å². The molecule has 2 amide bonds. The molecule has 1 saturated carbocycles. The second kappa shape index (κ2) is 5.54. The topological polar surface area (TPSA) is 64.9 Å². The summed E-state index contributed by atoms with van der Waals surface area (Å²) in [5.74, 6) is -0.0410. The lowest BCUT2D eigenvalue weighted by atomic mass is 10.1. The second-order valence-corrected chi connectivity index (χ2v) is 5.71. The summed E-state index contributed by atoms with van der Waals surface area (Å²) in [5, 5.41) is 14.8. The zero-order valence-corrected chi connectivity index (χ0v) is 11.5. The summed E-state index contributed by atoms with van der Waals surface area (Å²) in [4.78, 5) is 12.0. The zero-order chi connectivity index (χ0) is 13.9. The zero-order valence-electron chi connectivity index (χ0n) is 11.5. The van der Waals surface area contributed by atoms with Crippen LogP contribution in [0.2, 0.25) is 0 Å². The highest BCUT2D eigenvalue weighted by atomic mass is 16.2. The van der Waals surface area contributed by atoms with Gasteiger partial charge in [-0.05, 0) is 61.8 Å². The molecule has 0 aliphatic heterocycles. The Morgan fingerprint density at radius 3 is 2.90 bits per heavy atom. The number of amides is 2. The maximum Gasteiger partial charge on any atom is 0.319 e. The van der Waals surface area contributed by atoms with Gasteiger partial charge in [-0.25, -0.2) is 4.79 Å². The van der Waals surface area contributed by atoms with Gasteiger partial charge in [0.25, 0.3) is 0 Å². The molecule has 20 heavy (non-hydrogen) atoms. The van der Waals surface area contributed by atoms with Crippen LogP contribution in [0.3, 0.4) is 0 Å². The number of nitriles is 1. The highest BCUT2D eigenvalue weighted by Crippen LogP contribution is 2.26.